The van der Waals surface area contributed by atoms with Crippen LogP contribution < -0.4 is 5.32 Å². The van der Waals surface area contributed by atoms with E-state index in [2.05, 4.69) is 20.8 Å². The maximum Gasteiger partial charge on any atom is 0.372 e. The topological polar surface area (TPSA) is 185 Å². The number of β-lactam (4-membered cyclic amide) rings is 1. The molecule has 0 aliphatic carbocycles. The zero-order chi connectivity index (χ0) is 22.7. The number of aliphatic carboxylic acids is 2. The number of hydrogen-bond donors (Lipinski definition) is 3. The zero-order valence-corrected chi connectivity index (χ0v) is 17.8. The number of amides is 2. The molecular formula is C16H18N6O7S2. The molecule has 1 saturated heterocycles. The number of rotatable bonds is 10. The van der Waals surface area contributed by atoms with Crippen LogP contribution >= 0.6 is 23.5 Å². The molecule has 0 radical (unpaired) electrons. The molecule has 2 aliphatic heterocycles. The summed E-state index contributed by atoms with van der Waals surface area (Å²) in [6.45, 7) is 0. The Hall–Kier alpha value is -2.94. The van der Waals surface area contributed by atoms with Gasteiger partial charge in [-0.2, -0.15) is 0 Å². The van der Waals surface area contributed by atoms with Crippen LogP contribution in [-0.2, 0) is 31.0 Å². The lowest BCUT2D eigenvalue weighted by Gasteiger charge is -2.49. The molecule has 0 spiro atoms. The number of hydrogen-bond acceptors (Lipinski definition) is 10. The third kappa shape index (κ3) is 4.87. The second-order valence-electron chi connectivity index (χ2n) is 6.67. The number of nitrogens with one attached hydrogen (secondary N) is 1. The molecule has 0 saturated carbocycles. The Morgan fingerprint density at radius 2 is 2.00 bits per heavy atom. The highest BCUT2D eigenvalue weighted by Gasteiger charge is 2.54. The lowest BCUT2D eigenvalue weighted by atomic mass is 10.0. The molecule has 0 bridgehead atoms. The first-order valence-electron chi connectivity index (χ1n) is 9.01. The highest BCUT2D eigenvalue weighted by atomic mass is 32.2. The van der Waals surface area contributed by atoms with Crippen molar-refractivity contribution in [2.75, 3.05) is 11.5 Å². The van der Waals surface area contributed by atoms with Crippen molar-refractivity contribution in [3.05, 3.63) is 11.3 Å². The van der Waals surface area contributed by atoms with Gasteiger partial charge in [-0.25, -0.2) is 14.3 Å². The minimum absolute atomic E-state index is 0.0396. The molecule has 1 aromatic heterocycles. The van der Waals surface area contributed by atoms with Gasteiger partial charge in [0, 0.05) is 31.4 Å². The number of nitrogens with zero attached hydrogens (tertiary/aromatic N) is 5. The van der Waals surface area contributed by atoms with E-state index in [0.29, 0.717) is 16.5 Å². The number of carboxylic acid groups (broad SMARTS) is 2. The van der Waals surface area contributed by atoms with Gasteiger partial charge in [0.2, 0.25) is 16.8 Å². The summed E-state index contributed by atoms with van der Waals surface area (Å²) in [4.78, 5) is 59.2. The van der Waals surface area contributed by atoms with E-state index in [-0.39, 0.29) is 30.7 Å². The summed E-state index contributed by atoms with van der Waals surface area (Å²) in [7, 11) is 1.66. The Labute approximate surface area is 183 Å². The van der Waals surface area contributed by atoms with Crippen LogP contribution in [0.4, 0.5) is 0 Å². The SMILES string of the molecule is Cn1nnnc1SCC1=C(C(=O)O)N2C(=O)C(NC(=O)CCCC(=O)C(=O)O)[C@H]2SC1. The van der Waals surface area contributed by atoms with Crippen LogP contribution in [0.15, 0.2) is 16.4 Å². The average Bonchev–Trinajstić information content (AvgIpc) is 3.13. The van der Waals surface area contributed by atoms with E-state index in [1.807, 2.05) is 0 Å². The zero-order valence-electron chi connectivity index (χ0n) is 16.2. The molecule has 2 amide bonds. The van der Waals surface area contributed by atoms with E-state index in [4.69, 9.17) is 5.11 Å². The third-order valence-corrected chi connectivity index (χ3v) is 7.01. The van der Waals surface area contributed by atoms with E-state index < -0.39 is 41.0 Å². The standard InChI is InChI=1S/C16H18N6O7S2/c1-21-16(18-19-20-21)31-6-7-5-30-13-10(12(25)22(13)11(7)15(28)29)17-9(24)4-2-3-8(23)14(26)27/h10,13H,2-6H2,1H3,(H,17,24)(H,26,27)(H,28,29)/t10?,13-/m1/s1. The number of Topliss-reactive ketones (excluding diaryl/α,β-unsaturated/α-hetero) is 1. The smallest absolute Gasteiger partial charge is 0.372 e. The molecule has 0 aromatic carbocycles. The van der Waals surface area contributed by atoms with Gasteiger partial charge in [0.05, 0.1) is 0 Å². The first kappa shape index (κ1) is 22.7. The first-order chi connectivity index (χ1) is 14.7. The van der Waals surface area contributed by atoms with Gasteiger partial charge in [-0.1, -0.05) is 11.8 Å². The van der Waals surface area contributed by atoms with Crippen LogP contribution in [0.3, 0.4) is 0 Å². The summed E-state index contributed by atoms with van der Waals surface area (Å²) in [5.41, 5.74) is 0.445. The predicted octanol–water partition coefficient (Wildman–Crippen LogP) is -1.14. The van der Waals surface area contributed by atoms with Crippen molar-refractivity contribution in [3.63, 3.8) is 0 Å². The fraction of sp³-hybridized carbons (Fsp3) is 0.500. The predicted molar refractivity (Wildman–Crippen MR) is 106 cm³/mol. The molecule has 15 heteroatoms. The van der Waals surface area contributed by atoms with Gasteiger partial charge in [-0.3, -0.25) is 19.3 Å². The van der Waals surface area contributed by atoms with Crippen molar-refractivity contribution in [1.29, 1.82) is 0 Å². The number of tetrazole rings is 1. The summed E-state index contributed by atoms with van der Waals surface area (Å²) >= 11 is 2.59. The van der Waals surface area contributed by atoms with E-state index in [1.54, 1.807) is 7.05 Å². The van der Waals surface area contributed by atoms with Crippen molar-refractivity contribution >= 4 is 53.1 Å². The number of aromatic nitrogens is 4. The summed E-state index contributed by atoms with van der Waals surface area (Å²) in [5.74, 6) is -4.17. The van der Waals surface area contributed by atoms with Gasteiger partial charge >= 0.3 is 11.9 Å². The summed E-state index contributed by atoms with van der Waals surface area (Å²) in [6, 6.07) is -0.876. The molecule has 3 heterocycles. The average molecular weight is 470 g/mol. The molecular weight excluding hydrogens is 452 g/mol. The van der Waals surface area contributed by atoms with Crippen LogP contribution in [0.25, 0.3) is 0 Å². The van der Waals surface area contributed by atoms with E-state index in [0.717, 1.165) is 0 Å². The van der Waals surface area contributed by atoms with Gasteiger partial charge < -0.3 is 15.5 Å². The van der Waals surface area contributed by atoms with Crippen LogP contribution in [0, 0.1) is 0 Å². The van der Waals surface area contributed by atoms with Gasteiger partial charge in [0.25, 0.3) is 5.91 Å². The fourth-order valence-corrected chi connectivity index (χ4v) is 5.39. The Kier molecular flexibility index (Phi) is 6.94. The highest BCUT2D eigenvalue weighted by molar-refractivity contribution is 8.01. The molecule has 31 heavy (non-hydrogen) atoms. The van der Waals surface area contributed by atoms with E-state index in [9.17, 15) is 29.1 Å². The quantitative estimate of drug-likeness (QED) is 0.212. The minimum atomic E-state index is -1.55. The number of carboxylic acids is 2. The first-order valence-corrected chi connectivity index (χ1v) is 11.0. The molecule has 1 unspecified atom stereocenters. The van der Waals surface area contributed by atoms with E-state index >= 15 is 0 Å². The van der Waals surface area contributed by atoms with Crippen molar-refractivity contribution < 1.29 is 34.2 Å². The van der Waals surface area contributed by atoms with Crippen molar-refractivity contribution in [3.8, 4) is 0 Å². The monoisotopic (exact) mass is 470 g/mol. The lowest BCUT2D eigenvalue weighted by Crippen LogP contribution is -2.70. The maximum absolute atomic E-state index is 12.6. The number of aryl methyl sites for hydroxylation is 1. The molecule has 1 fully saturated rings. The molecule has 3 N–H and O–H groups in total. The summed E-state index contributed by atoms with van der Waals surface area (Å²) in [6.07, 6.45) is -0.354. The second-order valence-corrected chi connectivity index (χ2v) is 8.72. The molecule has 2 aliphatic rings. The largest absolute Gasteiger partial charge is 0.477 e. The van der Waals surface area contributed by atoms with Crippen LogP contribution in [0.1, 0.15) is 19.3 Å². The Balaban J connectivity index is 1.60. The van der Waals surface area contributed by atoms with Crippen LogP contribution in [0.5, 0.6) is 0 Å². The van der Waals surface area contributed by atoms with Crippen molar-refractivity contribution in [2.45, 2.75) is 35.8 Å². The number of fused-ring (bicyclic) bond motifs is 1. The van der Waals surface area contributed by atoms with Gasteiger partial charge in [-0.15, -0.1) is 16.9 Å². The van der Waals surface area contributed by atoms with E-state index in [1.165, 1.54) is 33.1 Å². The number of ketones is 1. The molecule has 2 atom stereocenters. The Morgan fingerprint density at radius 3 is 2.61 bits per heavy atom. The normalized spacial score (nSPS) is 20.2. The van der Waals surface area contributed by atoms with Gasteiger partial charge in [0.15, 0.2) is 0 Å². The fourth-order valence-electron chi connectivity index (χ4n) is 3.05. The number of carbonyl (C=O) groups excluding carboxylic acids is 3. The molecule has 3 rings (SSSR count). The van der Waals surface area contributed by atoms with Crippen LogP contribution in [0.2, 0.25) is 0 Å². The van der Waals surface area contributed by atoms with Crippen molar-refractivity contribution in [2.24, 2.45) is 7.05 Å². The minimum Gasteiger partial charge on any atom is -0.477 e. The molecule has 13 nitrogen and oxygen atoms in total. The Bertz CT molecular complexity index is 977. The number of thioether (sulfide) groups is 2. The second kappa shape index (κ2) is 9.47. The third-order valence-electron chi connectivity index (χ3n) is 4.57. The molecule has 166 valence electrons. The molecule has 1 aromatic rings. The highest BCUT2D eigenvalue weighted by Crippen LogP contribution is 2.41. The van der Waals surface area contributed by atoms with Crippen molar-refractivity contribution in [1.82, 2.24) is 30.4 Å². The summed E-state index contributed by atoms with van der Waals surface area (Å²) in [5, 5.41) is 31.7. The maximum atomic E-state index is 12.6. The Morgan fingerprint density at radius 1 is 1.26 bits per heavy atom. The summed E-state index contributed by atoms with van der Waals surface area (Å²) < 4.78 is 1.45. The number of carbonyl (C=O) groups is 5. The van der Waals surface area contributed by atoms with Crippen LogP contribution in [-0.4, -0.2) is 87.8 Å². The lowest BCUT2D eigenvalue weighted by molar-refractivity contribution is -0.150. The van der Waals surface area contributed by atoms with Gasteiger partial charge in [-0.05, 0) is 22.4 Å². The van der Waals surface area contributed by atoms with Gasteiger partial charge in [0.1, 0.15) is 17.1 Å².